The molecule has 0 atom stereocenters. The molecule has 0 unspecified atom stereocenters. The molecular weight excluding hydrogens is 313 g/mol. The number of hydrogen-bond acceptors (Lipinski definition) is 2. The molecule has 0 amide bonds. The van der Waals surface area contributed by atoms with Gasteiger partial charge >= 0.3 is 10.2 Å². The second-order valence-electron chi connectivity index (χ2n) is 4.41. The molecule has 0 heterocycles. The minimum atomic E-state index is -9.58. The lowest BCUT2D eigenvalue weighted by atomic mass is 9.90. The molecule has 1 aliphatic rings. The number of benzene rings is 1. The van der Waals surface area contributed by atoms with Crippen molar-refractivity contribution in [1.82, 2.24) is 0 Å². The zero-order valence-corrected chi connectivity index (χ0v) is 11.2. The van der Waals surface area contributed by atoms with Crippen LogP contribution in [0.1, 0.15) is 12.8 Å². The van der Waals surface area contributed by atoms with Gasteiger partial charge in [-0.15, -0.1) is 12.4 Å². The molecule has 2 rings (SSSR count). The zero-order chi connectivity index (χ0) is 13.7. The molecule has 2 nitrogen and oxygen atoms in total. The minimum Gasteiger partial charge on any atom is -0.490 e. The molecule has 19 heavy (non-hydrogen) atoms. The van der Waals surface area contributed by atoms with Crippen molar-refractivity contribution in [3.63, 3.8) is 0 Å². The van der Waals surface area contributed by atoms with Gasteiger partial charge < -0.3 is 10.5 Å². The fraction of sp³-hybridized carbons (Fsp3) is 0.400. The average molecular weight is 326 g/mol. The highest BCUT2D eigenvalue weighted by Crippen LogP contribution is 3.02. The topological polar surface area (TPSA) is 35.2 Å². The summed E-state index contributed by atoms with van der Waals surface area (Å²) in [7, 11) is -9.58. The Bertz CT molecular complexity index is 456. The van der Waals surface area contributed by atoms with Crippen molar-refractivity contribution in [1.29, 1.82) is 0 Å². The molecular formula is C10H13ClF5NOS. The Morgan fingerprint density at radius 2 is 1.47 bits per heavy atom. The van der Waals surface area contributed by atoms with Gasteiger partial charge in [0.05, 0.1) is 0 Å². The largest absolute Gasteiger partial charge is 0.490 e. The first kappa shape index (κ1) is 16.3. The van der Waals surface area contributed by atoms with E-state index in [-0.39, 0.29) is 30.3 Å². The Morgan fingerprint density at radius 3 is 1.84 bits per heavy atom. The molecule has 2 N–H and O–H groups in total. The lowest BCUT2D eigenvalue weighted by molar-refractivity contribution is 0.101. The first-order valence-electron chi connectivity index (χ1n) is 5.20. The Kier molecular flexibility index (Phi) is 3.55. The third kappa shape index (κ3) is 4.12. The Labute approximate surface area is 113 Å². The van der Waals surface area contributed by atoms with Gasteiger partial charge in [-0.05, 0) is 37.1 Å². The van der Waals surface area contributed by atoms with Crippen LogP contribution >= 0.6 is 22.6 Å². The van der Waals surface area contributed by atoms with Gasteiger partial charge in [-0.2, -0.15) is 0 Å². The SMILES string of the molecule is Cl.NC1CC(Oc2ccc(S(F)(F)(F)(F)F)cc2)C1. The summed E-state index contributed by atoms with van der Waals surface area (Å²) in [5.74, 6) is 0.137. The third-order valence-electron chi connectivity index (χ3n) is 2.70. The summed E-state index contributed by atoms with van der Waals surface area (Å²) in [6, 6.07) is 2.53. The average Bonchev–Trinajstić information content (AvgIpc) is 2.12. The lowest BCUT2D eigenvalue weighted by Gasteiger charge is -2.40. The van der Waals surface area contributed by atoms with Crippen LogP contribution in [0.15, 0.2) is 29.2 Å². The van der Waals surface area contributed by atoms with Crippen molar-refractivity contribution >= 4 is 22.6 Å². The van der Waals surface area contributed by atoms with Crippen LogP contribution < -0.4 is 10.5 Å². The van der Waals surface area contributed by atoms with Crippen LogP contribution in [0.25, 0.3) is 0 Å². The summed E-state index contributed by atoms with van der Waals surface area (Å²) in [5.41, 5.74) is 5.52. The molecule has 112 valence electrons. The molecule has 0 aromatic heterocycles. The van der Waals surface area contributed by atoms with Gasteiger partial charge in [0.1, 0.15) is 16.7 Å². The normalized spacial score (nSPS) is 26.4. The van der Waals surface area contributed by atoms with E-state index in [0.29, 0.717) is 25.0 Å². The van der Waals surface area contributed by atoms with Crippen LogP contribution in [-0.4, -0.2) is 12.1 Å². The highest BCUT2D eigenvalue weighted by molar-refractivity contribution is 8.45. The summed E-state index contributed by atoms with van der Waals surface area (Å²) in [4.78, 5) is -1.91. The molecule has 1 aromatic carbocycles. The standard InChI is InChI=1S/C10H12F5NOS.ClH/c11-18(12,13,14,15)10-3-1-8(2-4-10)17-9-5-7(16)6-9;/h1-4,7,9H,5-6,16H2;1H. The number of rotatable bonds is 3. The smallest absolute Gasteiger partial charge is 0.310 e. The maximum atomic E-state index is 12.4. The number of nitrogens with two attached hydrogens (primary N) is 1. The molecule has 1 aromatic rings. The van der Waals surface area contributed by atoms with Crippen LogP contribution in [0, 0.1) is 0 Å². The fourth-order valence-electron chi connectivity index (χ4n) is 1.67. The second-order valence-corrected chi connectivity index (χ2v) is 6.82. The van der Waals surface area contributed by atoms with E-state index < -0.39 is 15.1 Å². The van der Waals surface area contributed by atoms with E-state index in [2.05, 4.69) is 0 Å². The molecule has 0 aliphatic heterocycles. The quantitative estimate of drug-likeness (QED) is 0.822. The highest BCUT2D eigenvalue weighted by atomic mass is 35.5. The molecule has 0 saturated heterocycles. The minimum absolute atomic E-state index is 0. The van der Waals surface area contributed by atoms with Gasteiger partial charge in [0.15, 0.2) is 0 Å². The Morgan fingerprint density at radius 1 is 1.00 bits per heavy atom. The highest BCUT2D eigenvalue weighted by Gasteiger charge is 2.65. The van der Waals surface area contributed by atoms with Crippen LogP contribution in [0.4, 0.5) is 19.4 Å². The summed E-state index contributed by atoms with van der Waals surface area (Å²) >= 11 is 0. The number of hydrogen-bond donors (Lipinski definition) is 1. The van der Waals surface area contributed by atoms with Crippen LogP contribution in [-0.2, 0) is 0 Å². The van der Waals surface area contributed by atoms with E-state index in [1.165, 1.54) is 0 Å². The number of halogens is 6. The number of ether oxygens (including phenoxy) is 1. The first-order valence-corrected chi connectivity index (χ1v) is 7.15. The van der Waals surface area contributed by atoms with Crippen LogP contribution in [0.2, 0.25) is 0 Å². The van der Waals surface area contributed by atoms with Gasteiger partial charge in [0, 0.05) is 6.04 Å². The van der Waals surface area contributed by atoms with Gasteiger partial charge in [0.2, 0.25) is 0 Å². The first-order chi connectivity index (χ1) is 7.94. The van der Waals surface area contributed by atoms with Gasteiger partial charge in [-0.25, -0.2) is 0 Å². The Balaban J connectivity index is 0.00000180. The van der Waals surface area contributed by atoms with E-state index >= 15 is 0 Å². The maximum Gasteiger partial charge on any atom is 0.310 e. The van der Waals surface area contributed by atoms with Crippen molar-refractivity contribution in [2.75, 3.05) is 0 Å². The summed E-state index contributed by atoms with van der Waals surface area (Å²) < 4.78 is 67.3. The van der Waals surface area contributed by atoms with Crippen molar-refractivity contribution in [2.45, 2.75) is 29.9 Å². The summed E-state index contributed by atoms with van der Waals surface area (Å²) in [6.45, 7) is 0. The van der Waals surface area contributed by atoms with Crippen molar-refractivity contribution in [3.8, 4) is 5.75 Å². The third-order valence-corrected chi connectivity index (χ3v) is 3.87. The van der Waals surface area contributed by atoms with E-state index in [1.807, 2.05) is 0 Å². The molecule has 1 fully saturated rings. The maximum absolute atomic E-state index is 12.4. The zero-order valence-electron chi connectivity index (χ0n) is 9.57. The molecule has 0 spiro atoms. The molecule has 1 aliphatic carbocycles. The molecule has 1 saturated carbocycles. The fourth-order valence-corrected chi connectivity index (χ4v) is 2.32. The summed E-state index contributed by atoms with van der Waals surface area (Å²) in [6.07, 6.45) is 1.08. The molecule has 0 radical (unpaired) electrons. The predicted octanol–water partition coefficient (Wildman–Crippen LogP) is 4.63. The predicted molar refractivity (Wildman–Crippen MR) is 66.7 cm³/mol. The van der Waals surface area contributed by atoms with Crippen LogP contribution in [0.5, 0.6) is 5.75 Å². The Hall–Kier alpha value is -0.730. The van der Waals surface area contributed by atoms with Crippen molar-refractivity contribution < 1.29 is 24.2 Å². The molecule has 9 heteroatoms. The van der Waals surface area contributed by atoms with E-state index in [4.69, 9.17) is 10.5 Å². The van der Waals surface area contributed by atoms with Crippen LogP contribution in [0.3, 0.4) is 0 Å². The van der Waals surface area contributed by atoms with Gasteiger partial charge in [-0.3, -0.25) is 0 Å². The van der Waals surface area contributed by atoms with E-state index in [9.17, 15) is 19.4 Å². The monoisotopic (exact) mass is 325 g/mol. The van der Waals surface area contributed by atoms with Crippen molar-refractivity contribution in [2.24, 2.45) is 5.73 Å². The van der Waals surface area contributed by atoms with E-state index in [0.717, 1.165) is 12.1 Å². The van der Waals surface area contributed by atoms with Gasteiger partial charge in [-0.1, -0.05) is 19.4 Å². The molecule has 0 bridgehead atoms. The van der Waals surface area contributed by atoms with E-state index in [1.54, 1.807) is 0 Å². The second kappa shape index (κ2) is 4.13. The summed E-state index contributed by atoms with van der Waals surface area (Å²) in [5, 5.41) is 0. The van der Waals surface area contributed by atoms with Crippen molar-refractivity contribution in [3.05, 3.63) is 24.3 Å². The lowest BCUT2D eigenvalue weighted by Crippen LogP contribution is -2.43. The van der Waals surface area contributed by atoms with Gasteiger partial charge in [0.25, 0.3) is 0 Å².